The van der Waals surface area contributed by atoms with Gasteiger partial charge in [-0.05, 0) is 24.2 Å². The minimum absolute atomic E-state index is 1.20. The van der Waals surface area contributed by atoms with E-state index in [2.05, 4.69) is 26.9 Å². The molecule has 13 heavy (non-hydrogen) atoms. The first-order valence-electron chi connectivity index (χ1n) is 5.21. The molecule has 0 unspecified atom stereocenters. The molecular formula is C9H22Cl2Si2. The zero-order chi connectivity index (χ0) is 10.5. The minimum atomic E-state index is -1.36. The van der Waals surface area contributed by atoms with Crippen LogP contribution in [0.2, 0.25) is 37.3 Å². The molecule has 0 aliphatic rings. The summed E-state index contributed by atoms with van der Waals surface area (Å²) in [5.74, 6) is 0. The first-order chi connectivity index (χ1) is 5.83. The number of hydrogen-bond donors (Lipinski definition) is 0. The summed E-state index contributed by atoms with van der Waals surface area (Å²) in [6.07, 6.45) is 1.25. The lowest BCUT2D eigenvalue weighted by Crippen LogP contribution is -2.25. The van der Waals surface area contributed by atoms with Crippen LogP contribution in [0.5, 0.6) is 0 Å². The van der Waals surface area contributed by atoms with Gasteiger partial charge in [-0.1, -0.05) is 33.4 Å². The van der Waals surface area contributed by atoms with Gasteiger partial charge in [0.2, 0.25) is 0 Å². The molecule has 0 aliphatic heterocycles. The van der Waals surface area contributed by atoms with Crippen molar-refractivity contribution in [3.05, 3.63) is 0 Å². The Morgan fingerprint density at radius 3 is 1.69 bits per heavy atom. The highest BCUT2D eigenvalue weighted by atomic mass is 35.6. The van der Waals surface area contributed by atoms with Crippen molar-refractivity contribution >= 4 is 36.9 Å². The average Bonchev–Trinajstić information content (AvgIpc) is 2.02. The fraction of sp³-hybridized carbons (Fsp3) is 1.00. The predicted octanol–water partition coefficient (Wildman–Crippen LogP) is 5.04. The fourth-order valence-electron chi connectivity index (χ4n) is 1.43. The molecular weight excluding hydrogens is 235 g/mol. The first kappa shape index (κ1) is 14.0. The Bertz CT molecular complexity index is 139. The maximum Gasteiger partial charge on any atom is 0.156 e. The van der Waals surface area contributed by atoms with Gasteiger partial charge < -0.3 is 0 Å². The van der Waals surface area contributed by atoms with E-state index in [-0.39, 0.29) is 0 Å². The summed E-state index contributed by atoms with van der Waals surface area (Å²) in [5, 5.41) is 0. The highest BCUT2D eigenvalue weighted by Gasteiger charge is 2.27. The fourth-order valence-corrected chi connectivity index (χ4v) is 5.62. The van der Waals surface area contributed by atoms with Crippen LogP contribution in [-0.2, 0) is 0 Å². The highest BCUT2D eigenvalue weighted by molar-refractivity contribution is 7.20. The molecule has 0 amide bonds. The Morgan fingerprint density at radius 2 is 1.38 bits per heavy atom. The second kappa shape index (κ2) is 5.79. The molecule has 0 aromatic heterocycles. The lowest BCUT2D eigenvalue weighted by atomic mass is 10.6. The third kappa shape index (κ3) is 7.00. The Hall–Kier alpha value is 1.01. The Morgan fingerprint density at radius 1 is 0.923 bits per heavy atom. The van der Waals surface area contributed by atoms with Crippen LogP contribution in [0.25, 0.3) is 0 Å². The van der Waals surface area contributed by atoms with Crippen LogP contribution in [0.1, 0.15) is 20.3 Å². The molecule has 0 heterocycles. The Labute approximate surface area is 94.4 Å². The van der Waals surface area contributed by atoms with Crippen molar-refractivity contribution in [1.29, 1.82) is 0 Å². The van der Waals surface area contributed by atoms with Gasteiger partial charge in [0.1, 0.15) is 7.38 Å². The average molecular weight is 257 g/mol. The molecule has 4 heteroatoms. The monoisotopic (exact) mass is 256 g/mol. The normalized spacial score (nSPS) is 13.4. The number of hydrogen-bond acceptors (Lipinski definition) is 0. The molecule has 0 spiro atoms. The third-order valence-electron chi connectivity index (χ3n) is 2.66. The SMILES string of the molecule is CC[Si](Cl)(CC)CCC[Si](C)(C)Cl. The Kier molecular flexibility index (Phi) is 6.24. The van der Waals surface area contributed by atoms with Crippen LogP contribution >= 0.6 is 22.2 Å². The number of halogens is 2. The van der Waals surface area contributed by atoms with Crippen LogP contribution in [0.3, 0.4) is 0 Å². The molecule has 0 nitrogen and oxygen atoms in total. The molecule has 0 radical (unpaired) electrons. The van der Waals surface area contributed by atoms with Crippen molar-refractivity contribution in [2.75, 3.05) is 0 Å². The molecule has 0 fully saturated rings. The summed E-state index contributed by atoms with van der Waals surface area (Å²) in [5.41, 5.74) is 0. The molecule has 0 aliphatic carbocycles. The van der Waals surface area contributed by atoms with Crippen molar-refractivity contribution in [1.82, 2.24) is 0 Å². The van der Waals surface area contributed by atoms with Crippen LogP contribution < -0.4 is 0 Å². The van der Waals surface area contributed by atoms with E-state index in [9.17, 15) is 0 Å². The van der Waals surface area contributed by atoms with Crippen LogP contribution in [0, 0.1) is 0 Å². The zero-order valence-corrected chi connectivity index (χ0v) is 12.8. The van der Waals surface area contributed by atoms with Gasteiger partial charge in [0.25, 0.3) is 0 Å². The van der Waals surface area contributed by atoms with Gasteiger partial charge in [-0.2, -0.15) is 22.2 Å². The van der Waals surface area contributed by atoms with E-state index in [4.69, 9.17) is 22.2 Å². The van der Waals surface area contributed by atoms with E-state index in [0.717, 1.165) is 0 Å². The van der Waals surface area contributed by atoms with Crippen molar-refractivity contribution in [2.24, 2.45) is 0 Å². The van der Waals surface area contributed by atoms with Crippen molar-refractivity contribution in [3.8, 4) is 0 Å². The molecule has 0 aromatic carbocycles. The van der Waals surface area contributed by atoms with Gasteiger partial charge in [-0.3, -0.25) is 0 Å². The molecule has 0 bridgehead atoms. The maximum atomic E-state index is 6.55. The molecule has 80 valence electrons. The molecule has 0 atom stereocenters. The molecule has 0 aromatic rings. The van der Waals surface area contributed by atoms with Gasteiger partial charge >= 0.3 is 0 Å². The van der Waals surface area contributed by atoms with E-state index < -0.39 is 14.8 Å². The Balaban J connectivity index is 3.74. The van der Waals surface area contributed by atoms with Crippen molar-refractivity contribution < 1.29 is 0 Å². The zero-order valence-electron chi connectivity index (χ0n) is 9.29. The molecule has 0 saturated heterocycles. The van der Waals surface area contributed by atoms with Crippen molar-refractivity contribution in [3.63, 3.8) is 0 Å². The van der Waals surface area contributed by atoms with Crippen LogP contribution in [-0.4, -0.2) is 14.8 Å². The number of rotatable bonds is 6. The summed E-state index contributed by atoms with van der Waals surface area (Å²) < 4.78 is 0. The minimum Gasteiger partial charge on any atom is -0.168 e. The second-order valence-corrected chi connectivity index (χ2v) is 18.1. The van der Waals surface area contributed by atoms with E-state index in [1.54, 1.807) is 0 Å². The summed E-state index contributed by atoms with van der Waals surface area (Å²) >= 11 is 12.8. The summed E-state index contributed by atoms with van der Waals surface area (Å²) in [4.78, 5) is 0. The van der Waals surface area contributed by atoms with Gasteiger partial charge in [0.15, 0.2) is 7.38 Å². The lowest BCUT2D eigenvalue weighted by molar-refractivity contribution is 1.01. The summed E-state index contributed by atoms with van der Waals surface area (Å²) in [6, 6.07) is 4.88. The van der Waals surface area contributed by atoms with Gasteiger partial charge in [0.05, 0.1) is 0 Å². The maximum absolute atomic E-state index is 6.55. The van der Waals surface area contributed by atoms with E-state index in [1.165, 1.54) is 30.6 Å². The quantitative estimate of drug-likeness (QED) is 0.461. The van der Waals surface area contributed by atoms with Gasteiger partial charge in [-0.25, -0.2) is 0 Å². The van der Waals surface area contributed by atoms with E-state index in [0.29, 0.717) is 0 Å². The van der Waals surface area contributed by atoms with Crippen molar-refractivity contribution in [2.45, 2.75) is 57.5 Å². The largest absolute Gasteiger partial charge is 0.168 e. The third-order valence-corrected chi connectivity index (χ3v) is 10.7. The second-order valence-electron chi connectivity index (χ2n) is 4.43. The van der Waals surface area contributed by atoms with E-state index in [1.807, 2.05) is 0 Å². The first-order valence-corrected chi connectivity index (χ1v) is 13.1. The van der Waals surface area contributed by atoms with Crippen LogP contribution in [0.15, 0.2) is 0 Å². The van der Waals surface area contributed by atoms with E-state index >= 15 is 0 Å². The summed E-state index contributed by atoms with van der Waals surface area (Å²) in [6.45, 7) is 8.88. The smallest absolute Gasteiger partial charge is 0.156 e. The van der Waals surface area contributed by atoms with Gasteiger partial charge in [0, 0.05) is 0 Å². The van der Waals surface area contributed by atoms with Crippen LogP contribution in [0.4, 0.5) is 0 Å². The molecule has 0 rings (SSSR count). The lowest BCUT2D eigenvalue weighted by Gasteiger charge is -2.22. The van der Waals surface area contributed by atoms with Gasteiger partial charge in [-0.15, -0.1) is 0 Å². The predicted molar refractivity (Wildman–Crippen MR) is 70.1 cm³/mol. The topological polar surface area (TPSA) is 0 Å². The highest BCUT2D eigenvalue weighted by Crippen LogP contribution is 2.29. The molecule has 0 saturated carbocycles. The standard InChI is InChI=1S/C9H22Cl2Si2/c1-5-13(11,6-2)9-7-8-12(3,4)10/h5-9H2,1-4H3. The summed E-state index contributed by atoms with van der Waals surface area (Å²) in [7, 11) is -2.71. The molecule has 0 N–H and O–H groups in total.